The van der Waals surface area contributed by atoms with Crippen molar-refractivity contribution in [3.05, 3.63) is 35.9 Å². The lowest BCUT2D eigenvalue weighted by molar-refractivity contribution is -0.123. The molecule has 3 rings (SSSR count). The van der Waals surface area contributed by atoms with Gasteiger partial charge in [-0.25, -0.2) is 0 Å². The predicted molar refractivity (Wildman–Crippen MR) is 91.3 cm³/mol. The lowest BCUT2D eigenvalue weighted by Gasteiger charge is -2.22. The summed E-state index contributed by atoms with van der Waals surface area (Å²) in [5, 5.41) is 12.4. The van der Waals surface area contributed by atoms with Crippen molar-refractivity contribution in [2.45, 2.75) is 50.0 Å². The molecule has 4 nitrogen and oxygen atoms in total. The fourth-order valence-electron chi connectivity index (χ4n) is 3.74. The van der Waals surface area contributed by atoms with E-state index in [9.17, 15) is 9.90 Å². The number of hydrogen-bond donors (Lipinski definition) is 2. The first kappa shape index (κ1) is 16.5. The zero-order chi connectivity index (χ0) is 16.1. The van der Waals surface area contributed by atoms with Gasteiger partial charge in [-0.2, -0.15) is 0 Å². The molecule has 1 heterocycles. The molecule has 1 aromatic carbocycles. The van der Waals surface area contributed by atoms with Gasteiger partial charge in [0.25, 0.3) is 0 Å². The highest BCUT2D eigenvalue weighted by Gasteiger charge is 2.50. The monoisotopic (exact) mass is 316 g/mol. The summed E-state index contributed by atoms with van der Waals surface area (Å²) >= 11 is 0. The highest BCUT2D eigenvalue weighted by Crippen LogP contribution is 2.48. The summed E-state index contributed by atoms with van der Waals surface area (Å²) in [6.07, 6.45) is 6.33. The van der Waals surface area contributed by atoms with Crippen LogP contribution in [-0.4, -0.2) is 48.2 Å². The van der Waals surface area contributed by atoms with Gasteiger partial charge in [-0.15, -0.1) is 0 Å². The standard InChI is InChI=1S/C19H28N2O2/c22-15-17-9-6-14-21(17)13-5-4-12-20-18(23)19(10-11-19)16-7-2-1-3-8-16/h1-3,7-8,17,22H,4-6,9-15H2,(H,20,23). The van der Waals surface area contributed by atoms with Gasteiger partial charge in [0.15, 0.2) is 0 Å². The van der Waals surface area contributed by atoms with E-state index in [0.29, 0.717) is 6.04 Å². The number of likely N-dealkylation sites (tertiary alicyclic amines) is 1. The largest absolute Gasteiger partial charge is 0.395 e. The minimum atomic E-state index is -0.252. The van der Waals surface area contributed by atoms with Gasteiger partial charge in [-0.3, -0.25) is 9.69 Å². The fourth-order valence-corrected chi connectivity index (χ4v) is 3.74. The summed E-state index contributed by atoms with van der Waals surface area (Å²) in [4.78, 5) is 14.9. The maximum absolute atomic E-state index is 12.5. The average molecular weight is 316 g/mol. The van der Waals surface area contributed by atoms with Gasteiger partial charge >= 0.3 is 0 Å². The van der Waals surface area contributed by atoms with Crippen LogP contribution in [0, 0.1) is 0 Å². The molecule has 0 spiro atoms. The predicted octanol–water partition coefficient (Wildman–Crippen LogP) is 2.07. The van der Waals surface area contributed by atoms with Crippen molar-refractivity contribution in [3.63, 3.8) is 0 Å². The summed E-state index contributed by atoms with van der Waals surface area (Å²) in [5.74, 6) is 0.193. The van der Waals surface area contributed by atoms with Crippen LogP contribution in [0.25, 0.3) is 0 Å². The van der Waals surface area contributed by atoms with E-state index in [0.717, 1.165) is 57.3 Å². The zero-order valence-corrected chi connectivity index (χ0v) is 13.8. The topological polar surface area (TPSA) is 52.6 Å². The average Bonchev–Trinajstić information content (AvgIpc) is 3.28. The minimum Gasteiger partial charge on any atom is -0.395 e. The Kier molecular flexibility index (Phi) is 5.34. The molecule has 1 atom stereocenters. The summed E-state index contributed by atoms with van der Waals surface area (Å²) in [7, 11) is 0. The van der Waals surface area contributed by atoms with E-state index in [1.54, 1.807) is 0 Å². The van der Waals surface area contributed by atoms with Crippen LogP contribution >= 0.6 is 0 Å². The van der Waals surface area contributed by atoms with E-state index in [4.69, 9.17) is 0 Å². The molecular weight excluding hydrogens is 288 g/mol. The van der Waals surface area contributed by atoms with Gasteiger partial charge in [0, 0.05) is 12.6 Å². The third-order valence-corrected chi connectivity index (χ3v) is 5.38. The van der Waals surface area contributed by atoms with Crippen LogP contribution in [0.4, 0.5) is 0 Å². The zero-order valence-electron chi connectivity index (χ0n) is 13.8. The summed E-state index contributed by atoms with van der Waals surface area (Å²) in [6, 6.07) is 10.5. The van der Waals surface area contributed by atoms with Crippen molar-refractivity contribution in [3.8, 4) is 0 Å². The maximum atomic E-state index is 12.5. The number of rotatable bonds is 8. The molecule has 1 aromatic rings. The second kappa shape index (κ2) is 7.45. The number of nitrogens with one attached hydrogen (secondary N) is 1. The van der Waals surface area contributed by atoms with Crippen molar-refractivity contribution in [1.29, 1.82) is 0 Å². The van der Waals surface area contributed by atoms with Crippen LogP contribution in [0.2, 0.25) is 0 Å². The third kappa shape index (κ3) is 3.75. The Balaban J connectivity index is 1.37. The van der Waals surface area contributed by atoms with Crippen LogP contribution in [0.1, 0.15) is 44.1 Å². The molecule has 0 radical (unpaired) electrons. The Morgan fingerprint density at radius 3 is 2.74 bits per heavy atom. The van der Waals surface area contributed by atoms with Crippen molar-refractivity contribution >= 4 is 5.91 Å². The molecule has 2 aliphatic rings. The lowest BCUT2D eigenvalue weighted by Crippen LogP contribution is -2.36. The molecule has 4 heteroatoms. The number of carbonyl (C=O) groups excluding carboxylic acids is 1. The van der Waals surface area contributed by atoms with Crippen molar-refractivity contribution in [2.75, 3.05) is 26.2 Å². The van der Waals surface area contributed by atoms with Crippen LogP contribution < -0.4 is 5.32 Å². The minimum absolute atomic E-state index is 0.193. The molecule has 2 fully saturated rings. The smallest absolute Gasteiger partial charge is 0.230 e. The van der Waals surface area contributed by atoms with Gasteiger partial charge in [-0.1, -0.05) is 30.3 Å². The van der Waals surface area contributed by atoms with Gasteiger partial charge in [-0.05, 0) is 57.2 Å². The highest BCUT2D eigenvalue weighted by molar-refractivity contribution is 5.91. The molecule has 1 amide bonds. The van der Waals surface area contributed by atoms with E-state index in [1.807, 2.05) is 18.2 Å². The molecule has 1 aliphatic carbocycles. The highest BCUT2D eigenvalue weighted by atomic mass is 16.3. The molecule has 0 aromatic heterocycles. The molecule has 1 unspecified atom stereocenters. The van der Waals surface area contributed by atoms with Crippen molar-refractivity contribution in [1.82, 2.24) is 10.2 Å². The lowest BCUT2D eigenvalue weighted by atomic mass is 9.95. The van der Waals surface area contributed by atoms with Crippen LogP contribution in [0.5, 0.6) is 0 Å². The van der Waals surface area contributed by atoms with E-state index in [1.165, 1.54) is 6.42 Å². The van der Waals surface area contributed by atoms with E-state index in [2.05, 4.69) is 22.3 Å². The van der Waals surface area contributed by atoms with Crippen LogP contribution in [0.15, 0.2) is 30.3 Å². The molecule has 1 saturated carbocycles. The number of aliphatic hydroxyl groups excluding tert-OH is 1. The van der Waals surface area contributed by atoms with Crippen LogP contribution in [-0.2, 0) is 10.2 Å². The number of aliphatic hydroxyl groups is 1. The number of carbonyl (C=O) groups is 1. The third-order valence-electron chi connectivity index (χ3n) is 5.38. The Morgan fingerprint density at radius 1 is 1.26 bits per heavy atom. The summed E-state index contributed by atoms with van der Waals surface area (Å²) < 4.78 is 0. The number of amides is 1. The Morgan fingerprint density at radius 2 is 2.04 bits per heavy atom. The van der Waals surface area contributed by atoms with Crippen molar-refractivity contribution < 1.29 is 9.90 Å². The molecule has 2 N–H and O–H groups in total. The molecule has 1 aliphatic heterocycles. The first-order chi connectivity index (χ1) is 11.3. The van der Waals surface area contributed by atoms with E-state index < -0.39 is 0 Å². The first-order valence-electron chi connectivity index (χ1n) is 8.95. The van der Waals surface area contributed by atoms with Crippen LogP contribution in [0.3, 0.4) is 0 Å². The molecule has 0 bridgehead atoms. The number of nitrogens with zero attached hydrogens (tertiary/aromatic N) is 1. The molecular formula is C19H28N2O2. The second-order valence-electron chi connectivity index (χ2n) is 6.93. The normalized spacial score (nSPS) is 22.9. The summed E-state index contributed by atoms with van der Waals surface area (Å²) in [6.45, 7) is 3.17. The first-order valence-corrected chi connectivity index (χ1v) is 8.95. The summed E-state index contributed by atoms with van der Waals surface area (Å²) in [5.41, 5.74) is 0.901. The van der Waals surface area contributed by atoms with Gasteiger partial charge < -0.3 is 10.4 Å². The Bertz CT molecular complexity index is 513. The Labute approximate surface area is 138 Å². The number of benzene rings is 1. The van der Waals surface area contributed by atoms with E-state index in [-0.39, 0.29) is 17.9 Å². The van der Waals surface area contributed by atoms with E-state index >= 15 is 0 Å². The van der Waals surface area contributed by atoms with Crippen molar-refractivity contribution in [2.24, 2.45) is 0 Å². The maximum Gasteiger partial charge on any atom is 0.230 e. The number of hydrogen-bond acceptors (Lipinski definition) is 3. The number of unbranched alkanes of at least 4 members (excludes halogenated alkanes) is 1. The Hall–Kier alpha value is -1.39. The SMILES string of the molecule is O=C(NCCCCN1CCCC1CO)C1(c2ccccc2)CC1. The molecule has 126 valence electrons. The molecule has 1 saturated heterocycles. The molecule has 23 heavy (non-hydrogen) atoms. The second-order valence-corrected chi connectivity index (χ2v) is 6.93. The van der Waals surface area contributed by atoms with Gasteiger partial charge in [0.2, 0.25) is 5.91 Å². The van der Waals surface area contributed by atoms with Gasteiger partial charge in [0.1, 0.15) is 0 Å². The quantitative estimate of drug-likeness (QED) is 0.722. The van der Waals surface area contributed by atoms with Gasteiger partial charge in [0.05, 0.1) is 12.0 Å². The fraction of sp³-hybridized carbons (Fsp3) is 0.632.